The van der Waals surface area contributed by atoms with Gasteiger partial charge in [0.05, 0.1) is 24.3 Å². The zero-order valence-electron chi connectivity index (χ0n) is 17.3. The van der Waals surface area contributed by atoms with Gasteiger partial charge in [0, 0.05) is 18.0 Å². The van der Waals surface area contributed by atoms with Crippen LogP contribution in [0.4, 0.5) is 10.2 Å². The zero-order valence-corrected chi connectivity index (χ0v) is 18.9. The molecule has 0 spiro atoms. The number of ether oxygens (including phenoxy) is 1. The lowest BCUT2D eigenvalue weighted by Gasteiger charge is -2.21. The molecule has 33 heavy (non-hydrogen) atoms. The monoisotopic (exact) mass is 494 g/mol. The molecule has 1 saturated heterocycles. The Bertz CT molecular complexity index is 1190. The number of hydrogen-bond acceptors (Lipinski definition) is 8. The van der Waals surface area contributed by atoms with E-state index < -0.39 is 32.7 Å². The van der Waals surface area contributed by atoms with Crippen molar-refractivity contribution in [1.82, 2.24) is 14.6 Å². The first-order chi connectivity index (χ1) is 16.0. The van der Waals surface area contributed by atoms with Crippen LogP contribution in [0.15, 0.2) is 53.5 Å². The van der Waals surface area contributed by atoms with Crippen molar-refractivity contribution < 1.29 is 23.0 Å². The zero-order chi connectivity index (χ0) is 23.4. The summed E-state index contributed by atoms with van der Waals surface area (Å²) in [6, 6.07) is 13.3. The normalized spacial score (nSPS) is 21.2. The van der Waals surface area contributed by atoms with Gasteiger partial charge in [0.2, 0.25) is 0 Å². The Morgan fingerprint density at radius 2 is 2.12 bits per heavy atom. The van der Waals surface area contributed by atoms with Crippen LogP contribution in [0, 0.1) is 0 Å². The largest absolute Gasteiger partial charge is 0.435 e. The third-order valence-electron chi connectivity index (χ3n) is 4.95. The molecular weight excluding hydrogens is 474 g/mol. The highest BCUT2D eigenvalue weighted by atomic mass is 35.5. The van der Waals surface area contributed by atoms with Crippen LogP contribution in [-0.2, 0) is 14.1 Å². The minimum atomic E-state index is -1.73. The standard InChI is InChI=1S/C21H21ClFN4O5P/c22-16-11-27(21(29)26-19(16)24)20-17(23)10-14(31-20)12-30-33(25-8-9-28)32-18-7-3-5-13-4-1-2-6-15(13)18/h1-7,9,11,14,17,20,25H,8,10,12H2,(H2,24,26,29). The maximum absolute atomic E-state index is 14.7. The van der Waals surface area contributed by atoms with Crippen LogP contribution in [0.1, 0.15) is 12.6 Å². The number of hydrogen-bond donors (Lipinski definition) is 2. The molecule has 0 bridgehead atoms. The third-order valence-corrected chi connectivity index (χ3v) is 6.43. The summed E-state index contributed by atoms with van der Waals surface area (Å²) in [6.45, 7) is -0.00845. The average molecular weight is 495 g/mol. The lowest BCUT2D eigenvalue weighted by atomic mass is 10.1. The van der Waals surface area contributed by atoms with Crippen molar-refractivity contribution in [3.05, 3.63) is 64.2 Å². The van der Waals surface area contributed by atoms with Gasteiger partial charge in [-0.3, -0.25) is 4.57 Å². The maximum Gasteiger partial charge on any atom is 0.351 e. The number of fused-ring (bicyclic) bond motifs is 1. The van der Waals surface area contributed by atoms with E-state index in [9.17, 15) is 14.0 Å². The van der Waals surface area contributed by atoms with Crippen LogP contribution in [0.5, 0.6) is 5.75 Å². The van der Waals surface area contributed by atoms with Gasteiger partial charge in [0.25, 0.3) is 0 Å². The summed E-state index contributed by atoms with van der Waals surface area (Å²) < 4.78 is 33.1. The predicted octanol–water partition coefficient (Wildman–Crippen LogP) is 3.37. The van der Waals surface area contributed by atoms with Gasteiger partial charge in [-0.15, -0.1) is 0 Å². The summed E-state index contributed by atoms with van der Waals surface area (Å²) in [7, 11) is -1.73. The van der Waals surface area contributed by atoms with Crippen molar-refractivity contribution in [3.8, 4) is 5.75 Å². The predicted molar refractivity (Wildman–Crippen MR) is 123 cm³/mol. The molecule has 4 atom stereocenters. The first-order valence-corrected chi connectivity index (χ1v) is 11.6. The third kappa shape index (κ3) is 5.48. The van der Waals surface area contributed by atoms with E-state index in [1.54, 1.807) is 6.07 Å². The van der Waals surface area contributed by atoms with Gasteiger partial charge in [0.1, 0.15) is 24.0 Å². The fourth-order valence-corrected chi connectivity index (χ4v) is 4.64. The number of aromatic nitrogens is 2. The molecule has 9 nitrogen and oxygen atoms in total. The minimum absolute atomic E-state index is 0.00970. The number of aldehydes is 1. The molecule has 0 amide bonds. The summed E-state index contributed by atoms with van der Waals surface area (Å²) >= 11 is 5.92. The smallest absolute Gasteiger partial charge is 0.351 e. The highest BCUT2D eigenvalue weighted by Crippen LogP contribution is 2.40. The number of carbonyl (C=O) groups excluding carboxylic acids is 1. The van der Waals surface area contributed by atoms with Gasteiger partial charge in [-0.1, -0.05) is 48.0 Å². The van der Waals surface area contributed by atoms with Crippen molar-refractivity contribution in [2.45, 2.75) is 24.9 Å². The Morgan fingerprint density at radius 1 is 1.33 bits per heavy atom. The molecule has 0 radical (unpaired) electrons. The molecule has 1 aromatic heterocycles. The Morgan fingerprint density at radius 3 is 2.94 bits per heavy atom. The first kappa shape index (κ1) is 23.5. The molecule has 12 heteroatoms. The van der Waals surface area contributed by atoms with E-state index in [0.29, 0.717) is 12.0 Å². The number of nitrogens with two attached hydrogens (primary N) is 1. The van der Waals surface area contributed by atoms with E-state index in [4.69, 9.17) is 31.1 Å². The van der Waals surface area contributed by atoms with E-state index in [2.05, 4.69) is 10.1 Å². The van der Waals surface area contributed by atoms with Crippen LogP contribution >= 0.6 is 20.1 Å². The van der Waals surface area contributed by atoms with E-state index in [1.807, 2.05) is 36.4 Å². The Hall–Kier alpha value is -2.62. The molecule has 174 valence electrons. The van der Waals surface area contributed by atoms with E-state index in [0.717, 1.165) is 15.3 Å². The van der Waals surface area contributed by atoms with Gasteiger partial charge in [-0.25, -0.2) is 14.3 Å². The molecule has 4 unspecified atom stereocenters. The van der Waals surface area contributed by atoms with E-state index in [-0.39, 0.29) is 30.4 Å². The van der Waals surface area contributed by atoms with E-state index in [1.165, 1.54) is 6.20 Å². The van der Waals surface area contributed by atoms with Crippen LogP contribution in [-0.4, -0.2) is 41.3 Å². The fourth-order valence-electron chi connectivity index (χ4n) is 3.42. The van der Waals surface area contributed by atoms with Crippen LogP contribution in [0.2, 0.25) is 5.02 Å². The second kappa shape index (κ2) is 10.5. The maximum atomic E-state index is 14.7. The van der Waals surface area contributed by atoms with Crippen LogP contribution in [0.25, 0.3) is 10.8 Å². The number of halogens is 2. The highest BCUT2D eigenvalue weighted by molar-refractivity contribution is 7.45. The lowest BCUT2D eigenvalue weighted by molar-refractivity contribution is -0.106. The SMILES string of the molecule is Nc1nc(=O)n(C2OC(COP(NCC=O)Oc3cccc4ccccc34)CC2F)cc1Cl. The molecular formula is C21H21ClFN4O5P. The molecule has 0 saturated carbocycles. The number of rotatable bonds is 9. The molecule has 0 aliphatic carbocycles. The second-order valence-electron chi connectivity index (χ2n) is 7.21. The van der Waals surface area contributed by atoms with Gasteiger partial charge >= 0.3 is 14.2 Å². The van der Waals surface area contributed by atoms with Crippen LogP contribution < -0.4 is 21.0 Å². The number of nitrogen functional groups attached to an aromatic ring is 1. The molecule has 2 aromatic carbocycles. The van der Waals surface area contributed by atoms with E-state index >= 15 is 0 Å². The number of carbonyl (C=O) groups is 1. The van der Waals surface area contributed by atoms with Gasteiger partial charge in [0.15, 0.2) is 6.23 Å². The van der Waals surface area contributed by atoms with Crippen molar-refractivity contribution in [1.29, 1.82) is 0 Å². The highest BCUT2D eigenvalue weighted by Gasteiger charge is 2.38. The number of nitrogens with zero attached hydrogens (tertiary/aromatic N) is 2. The van der Waals surface area contributed by atoms with Crippen molar-refractivity contribution in [2.24, 2.45) is 0 Å². The first-order valence-electron chi connectivity index (χ1n) is 10.1. The summed E-state index contributed by atoms with van der Waals surface area (Å²) in [6.07, 6.45) is -1.46. The molecule has 1 fully saturated rings. The Kier molecular flexibility index (Phi) is 7.52. The topological polar surface area (TPSA) is 118 Å². The number of alkyl halides is 1. The quantitative estimate of drug-likeness (QED) is 0.343. The Balaban J connectivity index is 1.44. The molecule has 3 N–H and O–H groups in total. The summed E-state index contributed by atoms with van der Waals surface area (Å²) in [5.74, 6) is 0.448. The van der Waals surface area contributed by atoms with Crippen LogP contribution in [0.3, 0.4) is 0 Å². The van der Waals surface area contributed by atoms with Crippen molar-refractivity contribution in [2.75, 3.05) is 18.9 Å². The number of nitrogens with one attached hydrogen (secondary N) is 1. The summed E-state index contributed by atoms with van der Waals surface area (Å²) in [4.78, 5) is 26.5. The number of anilines is 1. The minimum Gasteiger partial charge on any atom is -0.435 e. The molecule has 1 aliphatic rings. The van der Waals surface area contributed by atoms with Crippen molar-refractivity contribution in [3.63, 3.8) is 0 Å². The molecule has 3 aromatic rings. The molecule has 4 rings (SSSR count). The molecule has 2 heterocycles. The van der Waals surface area contributed by atoms with Gasteiger partial charge in [-0.05, 0) is 11.5 Å². The summed E-state index contributed by atoms with van der Waals surface area (Å²) in [5.41, 5.74) is 4.75. The van der Waals surface area contributed by atoms with Gasteiger partial charge < -0.3 is 24.3 Å². The average Bonchev–Trinajstić information content (AvgIpc) is 3.18. The summed E-state index contributed by atoms with van der Waals surface area (Å²) in [5, 5.41) is 4.79. The Labute approximate surface area is 194 Å². The second-order valence-corrected chi connectivity index (χ2v) is 8.89. The van der Waals surface area contributed by atoms with Gasteiger partial charge in [-0.2, -0.15) is 4.98 Å². The number of benzene rings is 2. The lowest BCUT2D eigenvalue weighted by Crippen LogP contribution is -2.31. The fraction of sp³-hybridized carbons (Fsp3) is 0.286. The van der Waals surface area contributed by atoms with Crippen molar-refractivity contribution >= 4 is 43.0 Å². The molecule has 1 aliphatic heterocycles.